The second kappa shape index (κ2) is 6.52. The maximum atomic E-state index is 14.9. The lowest BCUT2D eigenvalue weighted by Crippen LogP contribution is -2.00. The molecule has 3 aromatic heterocycles. The number of aromatic nitrogens is 5. The van der Waals surface area contributed by atoms with E-state index in [1.165, 1.54) is 12.5 Å². The van der Waals surface area contributed by atoms with Crippen molar-refractivity contribution in [1.82, 2.24) is 24.7 Å². The molecule has 0 radical (unpaired) electrons. The number of rotatable bonds is 3. The van der Waals surface area contributed by atoms with E-state index in [0.717, 1.165) is 11.1 Å². The summed E-state index contributed by atoms with van der Waals surface area (Å²) in [4.78, 5) is 12.7. The fourth-order valence-electron chi connectivity index (χ4n) is 3.32. The third-order valence-electron chi connectivity index (χ3n) is 4.72. The molecule has 0 amide bonds. The number of halogens is 1. The monoisotopic (exact) mass is 386 g/mol. The summed E-state index contributed by atoms with van der Waals surface area (Å²) in [6.07, 6.45) is 6.32. The molecule has 0 saturated carbocycles. The number of hydrogen-bond donors (Lipinski definition) is 2. The van der Waals surface area contributed by atoms with Gasteiger partial charge in [0.05, 0.1) is 34.5 Å². The minimum Gasteiger partial charge on any atom is -0.507 e. The average Bonchev–Trinajstić information content (AvgIpc) is 3.16. The van der Waals surface area contributed by atoms with Crippen molar-refractivity contribution in [3.05, 3.63) is 67.1 Å². The van der Waals surface area contributed by atoms with E-state index in [1.807, 2.05) is 19.3 Å². The van der Waals surface area contributed by atoms with Crippen LogP contribution in [-0.4, -0.2) is 29.8 Å². The third-order valence-corrected chi connectivity index (χ3v) is 4.72. The number of benzene rings is 2. The Morgan fingerprint density at radius 2 is 1.86 bits per heavy atom. The summed E-state index contributed by atoms with van der Waals surface area (Å²) in [5.41, 5.74) is 2.87. The van der Waals surface area contributed by atoms with Gasteiger partial charge in [0, 0.05) is 24.2 Å². The van der Waals surface area contributed by atoms with Gasteiger partial charge in [0.1, 0.15) is 17.9 Å². The number of phenols is 1. The number of phenolic OH excluding ortho intramolecular Hbond substituents is 1. The van der Waals surface area contributed by atoms with Crippen molar-refractivity contribution in [2.24, 2.45) is 7.05 Å². The lowest BCUT2D eigenvalue weighted by atomic mass is 10.1. The lowest BCUT2D eigenvalue weighted by molar-refractivity contribution is 0.482. The molecule has 0 bridgehead atoms. The molecule has 0 atom stereocenters. The standard InChI is InChI=1S/C21H15FN6O/c1-28-10-13(8-26-28)12-6-16-19(18(29)7-12)21(25-11-24-16)27-17-9-23-15-5-3-2-4-14(15)20(17)22/h2-11,29H,1H3,(H,24,25,27). The number of nitrogens with one attached hydrogen (secondary N) is 1. The Labute approximate surface area is 164 Å². The first kappa shape index (κ1) is 17.1. The van der Waals surface area contributed by atoms with Crippen LogP contribution < -0.4 is 5.32 Å². The molecule has 0 aliphatic rings. The molecule has 3 heterocycles. The molecular formula is C21H15FN6O. The summed E-state index contributed by atoms with van der Waals surface area (Å²) < 4.78 is 16.6. The molecule has 0 aliphatic heterocycles. The van der Waals surface area contributed by atoms with Gasteiger partial charge in [-0.25, -0.2) is 14.4 Å². The van der Waals surface area contributed by atoms with Gasteiger partial charge in [0.2, 0.25) is 0 Å². The van der Waals surface area contributed by atoms with Gasteiger partial charge in [-0.1, -0.05) is 12.1 Å². The van der Waals surface area contributed by atoms with Gasteiger partial charge >= 0.3 is 0 Å². The Morgan fingerprint density at radius 1 is 1.00 bits per heavy atom. The molecule has 8 heteroatoms. The van der Waals surface area contributed by atoms with Crippen molar-refractivity contribution >= 4 is 33.3 Å². The van der Waals surface area contributed by atoms with Crippen molar-refractivity contribution in [1.29, 1.82) is 0 Å². The Balaban J connectivity index is 1.62. The Morgan fingerprint density at radius 3 is 2.69 bits per heavy atom. The van der Waals surface area contributed by atoms with E-state index in [1.54, 1.807) is 41.2 Å². The minimum atomic E-state index is -0.436. The summed E-state index contributed by atoms with van der Waals surface area (Å²) in [5, 5.41) is 18.6. The summed E-state index contributed by atoms with van der Waals surface area (Å²) >= 11 is 0. The van der Waals surface area contributed by atoms with Crippen LogP contribution in [0.15, 0.2) is 61.3 Å². The number of aromatic hydroxyl groups is 1. The molecular weight excluding hydrogens is 371 g/mol. The topological polar surface area (TPSA) is 88.8 Å². The molecule has 5 rings (SSSR count). The molecule has 0 spiro atoms. The van der Waals surface area contributed by atoms with Crippen molar-refractivity contribution in [2.45, 2.75) is 0 Å². The highest BCUT2D eigenvalue weighted by Crippen LogP contribution is 2.35. The molecule has 5 aromatic rings. The van der Waals surface area contributed by atoms with Crippen molar-refractivity contribution in [3.8, 4) is 16.9 Å². The number of pyridine rings is 1. The van der Waals surface area contributed by atoms with E-state index < -0.39 is 5.82 Å². The van der Waals surface area contributed by atoms with Crippen LogP contribution in [0, 0.1) is 5.82 Å². The summed E-state index contributed by atoms with van der Waals surface area (Å²) in [7, 11) is 1.82. The van der Waals surface area contributed by atoms with Crippen LogP contribution in [0.2, 0.25) is 0 Å². The third kappa shape index (κ3) is 2.91. The van der Waals surface area contributed by atoms with Gasteiger partial charge in [-0.2, -0.15) is 5.10 Å². The smallest absolute Gasteiger partial charge is 0.157 e. The maximum Gasteiger partial charge on any atom is 0.157 e. The number of aryl methyl sites for hydroxylation is 1. The Bertz CT molecular complexity index is 1380. The van der Waals surface area contributed by atoms with Crippen LogP contribution in [-0.2, 0) is 7.05 Å². The average molecular weight is 386 g/mol. The van der Waals surface area contributed by atoms with Crippen molar-refractivity contribution in [2.75, 3.05) is 5.32 Å². The zero-order valence-electron chi connectivity index (χ0n) is 15.3. The van der Waals surface area contributed by atoms with Gasteiger partial charge in [-0.15, -0.1) is 0 Å². The van der Waals surface area contributed by atoms with Gasteiger partial charge in [0.25, 0.3) is 0 Å². The normalized spacial score (nSPS) is 11.2. The fourth-order valence-corrected chi connectivity index (χ4v) is 3.32. The Hall–Kier alpha value is -4.07. The molecule has 0 saturated heterocycles. The predicted octanol–water partition coefficient (Wildman–Crippen LogP) is 4.17. The van der Waals surface area contributed by atoms with E-state index in [2.05, 4.69) is 25.4 Å². The van der Waals surface area contributed by atoms with Crippen LogP contribution >= 0.6 is 0 Å². The summed E-state index contributed by atoms with van der Waals surface area (Å²) in [6.45, 7) is 0. The quantitative estimate of drug-likeness (QED) is 0.484. The highest BCUT2D eigenvalue weighted by molar-refractivity contribution is 5.98. The van der Waals surface area contributed by atoms with Gasteiger partial charge < -0.3 is 10.4 Å². The van der Waals surface area contributed by atoms with E-state index in [-0.39, 0.29) is 11.4 Å². The lowest BCUT2D eigenvalue weighted by Gasteiger charge is -2.12. The van der Waals surface area contributed by atoms with Crippen LogP contribution in [0.4, 0.5) is 15.9 Å². The molecule has 0 aliphatic carbocycles. The number of hydrogen-bond acceptors (Lipinski definition) is 6. The number of fused-ring (bicyclic) bond motifs is 2. The molecule has 29 heavy (non-hydrogen) atoms. The molecule has 142 valence electrons. The zero-order chi connectivity index (χ0) is 20.0. The van der Waals surface area contributed by atoms with Crippen LogP contribution in [0.25, 0.3) is 32.9 Å². The highest BCUT2D eigenvalue weighted by atomic mass is 19.1. The van der Waals surface area contributed by atoms with Gasteiger partial charge in [-0.3, -0.25) is 9.67 Å². The first-order valence-electron chi connectivity index (χ1n) is 8.87. The first-order valence-corrected chi connectivity index (χ1v) is 8.87. The highest BCUT2D eigenvalue weighted by Gasteiger charge is 2.15. The number of anilines is 2. The predicted molar refractivity (Wildman–Crippen MR) is 108 cm³/mol. The summed E-state index contributed by atoms with van der Waals surface area (Å²) in [6, 6.07) is 10.4. The van der Waals surface area contributed by atoms with E-state index in [0.29, 0.717) is 27.6 Å². The first-order chi connectivity index (χ1) is 14.1. The SMILES string of the molecule is Cn1cc(-c2cc(O)c3c(Nc4cnc5ccccc5c4F)ncnc3c2)cn1. The second-order valence-corrected chi connectivity index (χ2v) is 6.64. The Kier molecular flexibility index (Phi) is 3.83. The van der Waals surface area contributed by atoms with Crippen molar-refractivity contribution in [3.63, 3.8) is 0 Å². The molecule has 0 fully saturated rings. The van der Waals surface area contributed by atoms with Gasteiger partial charge in [0.15, 0.2) is 5.82 Å². The minimum absolute atomic E-state index is 0.0152. The number of nitrogens with zero attached hydrogens (tertiary/aromatic N) is 5. The summed E-state index contributed by atoms with van der Waals surface area (Å²) in [5.74, 6) is -0.159. The number of para-hydroxylation sites is 1. The van der Waals surface area contributed by atoms with Crippen molar-refractivity contribution < 1.29 is 9.50 Å². The van der Waals surface area contributed by atoms with Crippen LogP contribution in [0.5, 0.6) is 5.75 Å². The molecule has 2 aromatic carbocycles. The molecule has 2 N–H and O–H groups in total. The van der Waals surface area contributed by atoms with Crippen LogP contribution in [0.1, 0.15) is 0 Å². The second-order valence-electron chi connectivity index (χ2n) is 6.64. The van der Waals surface area contributed by atoms with E-state index in [9.17, 15) is 9.50 Å². The zero-order valence-corrected chi connectivity index (χ0v) is 15.3. The molecule has 0 unspecified atom stereocenters. The fraction of sp³-hybridized carbons (Fsp3) is 0.0476. The molecule has 7 nitrogen and oxygen atoms in total. The van der Waals surface area contributed by atoms with E-state index >= 15 is 0 Å². The largest absolute Gasteiger partial charge is 0.507 e. The van der Waals surface area contributed by atoms with Gasteiger partial charge in [-0.05, 0) is 29.8 Å². The maximum absolute atomic E-state index is 14.9. The van der Waals surface area contributed by atoms with E-state index in [4.69, 9.17) is 0 Å². The van der Waals surface area contributed by atoms with Crippen LogP contribution in [0.3, 0.4) is 0 Å².